The van der Waals surface area contributed by atoms with E-state index >= 15 is 0 Å². The van der Waals surface area contributed by atoms with Crippen molar-refractivity contribution < 1.29 is 9.53 Å². The topological polar surface area (TPSA) is 50.7 Å². The van der Waals surface area contributed by atoms with Gasteiger partial charge in [-0.15, -0.1) is 0 Å². The third-order valence-corrected chi connectivity index (χ3v) is 2.56. The van der Waals surface area contributed by atoms with Crippen LogP contribution in [0.3, 0.4) is 0 Å². The smallest absolute Gasteiger partial charge is 0.236 e. The van der Waals surface area contributed by atoms with E-state index in [9.17, 15) is 4.79 Å². The number of hydrogen-bond donors (Lipinski definition) is 1. The maximum Gasteiger partial charge on any atom is 0.236 e. The second-order valence-electron chi connectivity index (χ2n) is 4.27. The molecule has 0 saturated carbocycles. The van der Waals surface area contributed by atoms with Gasteiger partial charge in [-0.2, -0.15) is 5.10 Å². The first kappa shape index (κ1) is 13.8. The van der Waals surface area contributed by atoms with Crippen molar-refractivity contribution in [1.29, 1.82) is 0 Å². The largest absolute Gasteiger partial charge is 0.489 e. The Balaban J connectivity index is 1.88. The van der Waals surface area contributed by atoms with E-state index in [0.717, 1.165) is 16.9 Å². The maximum atomic E-state index is 10.7. The second-order valence-corrected chi connectivity index (χ2v) is 4.27. The predicted molar refractivity (Wildman–Crippen MR) is 78.6 cm³/mol. The summed E-state index contributed by atoms with van der Waals surface area (Å²) in [6.45, 7) is 1.96. The molecule has 1 amide bonds. The van der Waals surface area contributed by atoms with Crippen molar-refractivity contribution in [3.63, 3.8) is 0 Å². The Bertz CT molecular complexity index is 577. The van der Waals surface area contributed by atoms with E-state index in [0.29, 0.717) is 6.61 Å². The van der Waals surface area contributed by atoms with Crippen molar-refractivity contribution in [3.05, 3.63) is 65.7 Å². The number of rotatable bonds is 5. The fourth-order valence-electron chi connectivity index (χ4n) is 1.59. The zero-order chi connectivity index (χ0) is 14.2. The summed E-state index contributed by atoms with van der Waals surface area (Å²) >= 11 is 0. The summed E-state index contributed by atoms with van der Waals surface area (Å²) in [5, 5.41) is 3.80. The molecule has 0 atom stereocenters. The number of ether oxygens (including phenoxy) is 1. The minimum Gasteiger partial charge on any atom is -0.489 e. The third kappa shape index (κ3) is 4.57. The average molecular weight is 268 g/mol. The summed E-state index contributed by atoms with van der Waals surface area (Å²) < 4.78 is 5.68. The van der Waals surface area contributed by atoms with E-state index in [4.69, 9.17) is 4.74 Å². The highest BCUT2D eigenvalue weighted by atomic mass is 16.5. The van der Waals surface area contributed by atoms with E-state index < -0.39 is 0 Å². The molecular weight excluding hydrogens is 252 g/mol. The van der Waals surface area contributed by atoms with Crippen LogP contribution in [0, 0.1) is 0 Å². The molecule has 0 radical (unpaired) electrons. The first-order chi connectivity index (χ1) is 9.74. The van der Waals surface area contributed by atoms with Crippen molar-refractivity contribution in [1.82, 2.24) is 5.43 Å². The van der Waals surface area contributed by atoms with Crippen LogP contribution in [0.2, 0.25) is 0 Å². The molecule has 0 unspecified atom stereocenters. The van der Waals surface area contributed by atoms with Crippen molar-refractivity contribution in [2.45, 2.75) is 13.5 Å². The van der Waals surface area contributed by atoms with Crippen molar-refractivity contribution in [2.24, 2.45) is 5.10 Å². The monoisotopic (exact) mass is 268 g/mol. The molecule has 0 saturated heterocycles. The zero-order valence-electron chi connectivity index (χ0n) is 11.2. The number of hydrogen-bond acceptors (Lipinski definition) is 3. The molecule has 0 heterocycles. The number of carbonyl (C=O) groups is 1. The Morgan fingerprint density at radius 3 is 2.50 bits per heavy atom. The van der Waals surface area contributed by atoms with Crippen LogP contribution in [0.4, 0.5) is 0 Å². The van der Waals surface area contributed by atoms with Gasteiger partial charge in [-0.3, -0.25) is 4.79 Å². The molecule has 4 heteroatoms. The van der Waals surface area contributed by atoms with Gasteiger partial charge >= 0.3 is 0 Å². The molecule has 4 nitrogen and oxygen atoms in total. The average Bonchev–Trinajstić information content (AvgIpc) is 2.47. The van der Waals surface area contributed by atoms with Crippen LogP contribution in [0.5, 0.6) is 5.75 Å². The Morgan fingerprint density at radius 2 is 1.85 bits per heavy atom. The lowest BCUT2D eigenvalue weighted by atomic mass is 10.2. The molecule has 0 fully saturated rings. The molecule has 0 aliphatic heterocycles. The lowest BCUT2D eigenvalue weighted by Gasteiger charge is -2.06. The van der Waals surface area contributed by atoms with Crippen LogP contribution < -0.4 is 10.2 Å². The van der Waals surface area contributed by atoms with Crippen molar-refractivity contribution in [2.75, 3.05) is 0 Å². The van der Waals surface area contributed by atoms with E-state index in [1.54, 1.807) is 6.21 Å². The van der Waals surface area contributed by atoms with Gasteiger partial charge in [0, 0.05) is 6.92 Å². The Hall–Kier alpha value is -2.62. The number of nitrogens with one attached hydrogen (secondary N) is 1. The third-order valence-electron chi connectivity index (χ3n) is 2.56. The van der Waals surface area contributed by atoms with E-state index in [1.165, 1.54) is 6.92 Å². The highest BCUT2D eigenvalue weighted by Crippen LogP contribution is 2.13. The summed E-state index contributed by atoms with van der Waals surface area (Å²) in [5.74, 6) is 0.606. The van der Waals surface area contributed by atoms with E-state index in [-0.39, 0.29) is 5.91 Å². The highest BCUT2D eigenvalue weighted by Gasteiger charge is 1.96. The minimum absolute atomic E-state index is 0.191. The molecule has 102 valence electrons. The normalized spacial score (nSPS) is 10.4. The maximum absolute atomic E-state index is 10.7. The summed E-state index contributed by atoms with van der Waals surface area (Å²) in [7, 11) is 0. The van der Waals surface area contributed by atoms with Gasteiger partial charge < -0.3 is 4.74 Å². The molecule has 2 aromatic carbocycles. The van der Waals surface area contributed by atoms with Gasteiger partial charge in [0.15, 0.2) is 0 Å². The van der Waals surface area contributed by atoms with Crippen LogP contribution >= 0.6 is 0 Å². The van der Waals surface area contributed by atoms with Gasteiger partial charge in [-0.1, -0.05) is 30.3 Å². The Morgan fingerprint density at radius 1 is 1.15 bits per heavy atom. The second kappa shape index (κ2) is 7.09. The van der Waals surface area contributed by atoms with Crippen LogP contribution in [0.15, 0.2) is 59.7 Å². The van der Waals surface area contributed by atoms with Crippen LogP contribution in [-0.4, -0.2) is 12.1 Å². The van der Waals surface area contributed by atoms with Crippen LogP contribution in [0.25, 0.3) is 0 Å². The van der Waals surface area contributed by atoms with Gasteiger partial charge in [0.05, 0.1) is 6.21 Å². The number of carbonyl (C=O) groups excluding carboxylic acids is 1. The molecule has 0 aliphatic carbocycles. The summed E-state index contributed by atoms with van der Waals surface area (Å²) in [6, 6.07) is 17.5. The van der Waals surface area contributed by atoms with E-state index in [1.807, 2.05) is 54.6 Å². The van der Waals surface area contributed by atoms with Crippen molar-refractivity contribution >= 4 is 12.1 Å². The summed E-state index contributed by atoms with van der Waals surface area (Å²) in [5.41, 5.74) is 4.38. The lowest BCUT2D eigenvalue weighted by Crippen LogP contribution is -2.12. The Labute approximate surface area is 118 Å². The first-order valence-electron chi connectivity index (χ1n) is 6.30. The van der Waals surface area contributed by atoms with Crippen LogP contribution in [-0.2, 0) is 11.4 Å². The molecule has 0 bridgehead atoms. The minimum atomic E-state index is -0.191. The van der Waals surface area contributed by atoms with Gasteiger partial charge in [0.25, 0.3) is 0 Å². The van der Waals surface area contributed by atoms with E-state index in [2.05, 4.69) is 10.5 Å². The lowest BCUT2D eigenvalue weighted by molar-refractivity contribution is -0.118. The fourth-order valence-corrected chi connectivity index (χ4v) is 1.59. The SMILES string of the molecule is CC(=O)N/N=C\c1ccc(OCc2ccccc2)cc1. The van der Waals surface area contributed by atoms with Gasteiger partial charge in [0.2, 0.25) is 5.91 Å². The molecule has 20 heavy (non-hydrogen) atoms. The molecular formula is C16H16N2O2. The quantitative estimate of drug-likeness (QED) is 0.669. The Kier molecular flexibility index (Phi) is 4.89. The molecule has 1 N–H and O–H groups in total. The van der Waals surface area contributed by atoms with Crippen molar-refractivity contribution in [3.8, 4) is 5.75 Å². The standard InChI is InChI=1S/C16H16N2O2/c1-13(19)18-17-11-14-7-9-16(10-8-14)20-12-15-5-3-2-4-6-15/h2-11H,12H2,1H3,(H,18,19)/b17-11-. The van der Waals surface area contributed by atoms with Gasteiger partial charge in [-0.25, -0.2) is 5.43 Å². The fraction of sp³-hybridized carbons (Fsp3) is 0.125. The number of amides is 1. The number of hydrazone groups is 1. The molecule has 2 aromatic rings. The van der Waals surface area contributed by atoms with Gasteiger partial charge in [-0.05, 0) is 35.4 Å². The molecule has 0 aliphatic rings. The zero-order valence-corrected chi connectivity index (χ0v) is 11.2. The van der Waals surface area contributed by atoms with Gasteiger partial charge in [0.1, 0.15) is 12.4 Å². The number of nitrogens with zero attached hydrogens (tertiary/aromatic N) is 1. The van der Waals surface area contributed by atoms with Crippen LogP contribution in [0.1, 0.15) is 18.1 Å². The predicted octanol–water partition coefficient (Wildman–Crippen LogP) is 2.74. The highest BCUT2D eigenvalue weighted by molar-refractivity contribution is 5.81. The molecule has 2 rings (SSSR count). The number of benzene rings is 2. The summed E-state index contributed by atoms with van der Waals surface area (Å²) in [6.07, 6.45) is 1.59. The summed E-state index contributed by atoms with van der Waals surface area (Å²) in [4.78, 5) is 10.7. The molecule has 0 spiro atoms. The first-order valence-corrected chi connectivity index (χ1v) is 6.30. The molecule has 0 aromatic heterocycles.